The minimum absolute atomic E-state index is 0.217. The maximum absolute atomic E-state index is 11.2. The van der Waals surface area contributed by atoms with E-state index in [-0.39, 0.29) is 10.8 Å². The number of benzene rings is 3. The summed E-state index contributed by atoms with van der Waals surface area (Å²) in [6, 6.07) is 24.7. The molecule has 0 bridgehead atoms. The SMILES string of the molecule is CN1CCC(CNCN2CC(c3ccccc3)C(c3ccc(Cl)cc3)=N2)C1.CNS(=O)(=O)c1ccc(Cl)cc1. The van der Waals surface area contributed by atoms with E-state index in [0.717, 1.165) is 42.0 Å². The van der Waals surface area contributed by atoms with Gasteiger partial charge in [-0.15, -0.1) is 0 Å². The van der Waals surface area contributed by atoms with Crippen LogP contribution in [0.3, 0.4) is 0 Å². The molecular formula is C29H35Cl2N5O2S. The van der Waals surface area contributed by atoms with Gasteiger partial charge in [-0.25, -0.2) is 13.1 Å². The van der Waals surface area contributed by atoms with Gasteiger partial charge in [0.15, 0.2) is 0 Å². The number of hydrogen-bond acceptors (Lipinski definition) is 6. The summed E-state index contributed by atoms with van der Waals surface area (Å²) in [6.45, 7) is 5.16. The first-order valence-corrected chi connectivity index (χ1v) is 15.2. The molecule has 2 atom stereocenters. The molecule has 10 heteroatoms. The first kappa shape index (κ1) is 29.5. The topological polar surface area (TPSA) is 77.0 Å². The Bertz CT molecular complexity index is 1340. The predicted molar refractivity (Wildman–Crippen MR) is 160 cm³/mol. The predicted octanol–water partition coefficient (Wildman–Crippen LogP) is 4.89. The van der Waals surface area contributed by atoms with Crippen molar-refractivity contribution in [1.82, 2.24) is 19.9 Å². The Morgan fingerprint density at radius 2 is 1.56 bits per heavy atom. The molecule has 0 spiro atoms. The Balaban J connectivity index is 0.000000247. The Hall–Kier alpha value is -2.46. The fraction of sp³-hybridized carbons (Fsp3) is 0.345. The molecule has 39 heavy (non-hydrogen) atoms. The number of hydrogen-bond donors (Lipinski definition) is 2. The summed E-state index contributed by atoms with van der Waals surface area (Å²) in [4.78, 5) is 2.62. The van der Waals surface area contributed by atoms with E-state index in [1.54, 1.807) is 0 Å². The smallest absolute Gasteiger partial charge is 0.240 e. The van der Waals surface area contributed by atoms with Gasteiger partial charge in [0.1, 0.15) is 0 Å². The van der Waals surface area contributed by atoms with Crippen LogP contribution in [0.4, 0.5) is 0 Å². The Morgan fingerprint density at radius 1 is 0.923 bits per heavy atom. The average molecular weight is 589 g/mol. The van der Waals surface area contributed by atoms with Crippen molar-refractivity contribution in [3.63, 3.8) is 0 Å². The number of sulfonamides is 1. The molecule has 0 aliphatic carbocycles. The van der Waals surface area contributed by atoms with Crippen molar-refractivity contribution in [3.8, 4) is 0 Å². The number of hydrazone groups is 1. The number of likely N-dealkylation sites (tertiary alicyclic amines) is 1. The van der Waals surface area contributed by atoms with E-state index < -0.39 is 10.0 Å². The molecule has 0 aromatic heterocycles. The minimum atomic E-state index is -3.32. The first-order chi connectivity index (χ1) is 18.7. The third-order valence-electron chi connectivity index (χ3n) is 6.92. The lowest BCUT2D eigenvalue weighted by molar-refractivity contribution is 0.273. The van der Waals surface area contributed by atoms with Crippen LogP contribution in [-0.2, 0) is 10.0 Å². The summed E-state index contributed by atoms with van der Waals surface area (Å²) < 4.78 is 24.5. The van der Waals surface area contributed by atoms with Crippen LogP contribution in [0, 0.1) is 5.92 Å². The van der Waals surface area contributed by atoms with Gasteiger partial charge in [0.25, 0.3) is 0 Å². The second-order valence-corrected chi connectivity index (χ2v) is 12.6. The molecule has 1 saturated heterocycles. The fourth-order valence-electron chi connectivity index (χ4n) is 4.81. The molecule has 0 saturated carbocycles. The van der Waals surface area contributed by atoms with Gasteiger partial charge in [0.05, 0.1) is 23.8 Å². The van der Waals surface area contributed by atoms with E-state index in [0.29, 0.717) is 5.02 Å². The lowest BCUT2D eigenvalue weighted by Gasteiger charge is -2.18. The molecular weight excluding hydrogens is 553 g/mol. The molecule has 7 nitrogen and oxygen atoms in total. The van der Waals surface area contributed by atoms with Gasteiger partial charge >= 0.3 is 0 Å². The largest absolute Gasteiger partial charge is 0.306 e. The maximum atomic E-state index is 11.2. The van der Waals surface area contributed by atoms with Gasteiger partial charge in [-0.05, 0) is 80.5 Å². The molecule has 0 amide bonds. The van der Waals surface area contributed by atoms with E-state index in [1.165, 1.54) is 56.4 Å². The highest BCUT2D eigenvalue weighted by Gasteiger charge is 2.29. The fourth-order valence-corrected chi connectivity index (χ4v) is 5.79. The van der Waals surface area contributed by atoms with Gasteiger partial charge in [-0.3, -0.25) is 10.3 Å². The van der Waals surface area contributed by atoms with Gasteiger partial charge in [-0.2, -0.15) is 5.10 Å². The van der Waals surface area contributed by atoms with Gasteiger partial charge in [-0.1, -0.05) is 65.7 Å². The lowest BCUT2D eigenvalue weighted by atomic mass is 9.91. The zero-order chi connectivity index (χ0) is 27.8. The van der Waals surface area contributed by atoms with Crippen LogP contribution in [0.15, 0.2) is 88.9 Å². The van der Waals surface area contributed by atoms with E-state index >= 15 is 0 Å². The van der Waals surface area contributed by atoms with Crippen LogP contribution >= 0.6 is 23.2 Å². The minimum Gasteiger partial charge on any atom is -0.306 e. The molecule has 0 radical (unpaired) electrons. The van der Waals surface area contributed by atoms with Crippen LogP contribution in [0.5, 0.6) is 0 Å². The summed E-state index contributed by atoms with van der Waals surface area (Å²) in [7, 11) is 0.243. The third-order valence-corrected chi connectivity index (χ3v) is 8.86. The summed E-state index contributed by atoms with van der Waals surface area (Å²) in [5, 5.41) is 12.0. The van der Waals surface area contributed by atoms with Crippen molar-refractivity contribution in [2.75, 3.05) is 46.9 Å². The van der Waals surface area contributed by atoms with E-state index in [2.05, 4.69) is 69.5 Å². The molecule has 1 fully saturated rings. The monoisotopic (exact) mass is 587 g/mol. The first-order valence-electron chi connectivity index (χ1n) is 13.0. The molecule has 2 aliphatic rings. The molecule has 5 rings (SSSR count). The van der Waals surface area contributed by atoms with E-state index in [1.807, 2.05) is 12.1 Å². The van der Waals surface area contributed by atoms with Crippen LogP contribution in [-0.4, -0.2) is 71.0 Å². The summed E-state index contributed by atoms with van der Waals surface area (Å²) in [6.07, 6.45) is 1.29. The normalized spacial score (nSPS) is 19.5. The zero-order valence-corrected chi connectivity index (χ0v) is 24.6. The van der Waals surface area contributed by atoms with Crippen molar-refractivity contribution in [2.24, 2.45) is 11.0 Å². The molecule has 3 aromatic rings. The standard InChI is InChI=1S/C22H27ClN4.C7H8ClNO2S/c1-26-12-11-17(14-26)13-24-16-27-15-21(18-5-3-2-4-6-18)22(25-27)19-7-9-20(23)10-8-19;1-9-12(10,11)7-4-2-6(8)3-5-7/h2-10,17,21,24H,11-16H2,1H3;2-5,9H,1H3. The van der Waals surface area contributed by atoms with Crippen molar-refractivity contribution < 1.29 is 8.42 Å². The number of rotatable bonds is 8. The second kappa shape index (κ2) is 13.7. The second-order valence-electron chi connectivity index (χ2n) is 9.84. The molecule has 2 unspecified atom stereocenters. The zero-order valence-electron chi connectivity index (χ0n) is 22.2. The van der Waals surface area contributed by atoms with Crippen molar-refractivity contribution in [1.29, 1.82) is 0 Å². The van der Waals surface area contributed by atoms with E-state index in [4.69, 9.17) is 28.3 Å². The Labute approximate surface area is 241 Å². The summed E-state index contributed by atoms with van der Waals surface area (Å²) in [5.74, 6) is 1.04. The molecule has 3 aromatic carbocycles. The van der Waals surface area contributed by atoms with Gasteiger partial charge < -0.3 is 4.90 Å². The summed E-state index contributed by atoms with van der Waals surface area (Å²) in [5.41, 5.74) is 3.58. The average Bonchev–Trinajstić information content (AvgIpc) is 3.56. The number of halogens is 2. The molecule has 208 valence electrons. The Kier molecular flexibility index (Phi) is 10.4. The van der Waals surface area contributed by atoms with E-state index in [9.17, 15) is 8.42 Å². The third kappa shape index (κ3) is 8.27. The molecule has 2 aliphatic heterocycles. The lowest BCUT2D eigenvalue weighted by Crippen LogP contribution is -2.34. The quantitative estimate of drug-likeness (QED) is 0.392. The molecule has 2 N–H and O–H groups in total. The van der Waals surface area contributed by atoms with Gasteiger partial charge in [0, 0.05) is 29.1 Å². The Morgan fingerprint density at radius 3 is 2.15 bits per heavy atom. The highest BCUT2D eigenvalue weighted by molar-refractivity contribution is 7.89. The van der Waals surface area contributed by atoms with Crippen LogP contribution in [0.1, 0.15) is 23.5 Å². The van der Waals surface area contributed by atoms with Crippen LogP contribution < -0.4 is 10.0 Å². The van der Waals surface area contributed by atoms with Crippen molar-refractivity contribution >= 4 is 38.9 Å². The van der Waals surface area contributed by atoms with Crippen LogP contribution in [0.25, 0.3) is 0 Å². The number of nitrogens with one attached hydrogen (secondary N) is 2. The molecule has 2 heterocycles. The van der Waals surface area contributed by atoms with Crippen molar-refractivity contribution in [2.45, 2.75) is 17.2 Å². The summed E-state index contributed by atoms with van der Waals surface area (Å²) >= 11 is 11.7. The van der Waals surface area contributed by atoms with Crippen LogP contribution in [0.2, 0.25) is 10.0 Å². The highest BCUT2D eigenvalue weighted by atomic mass is 35.5. The number of nitrogens with zero attached hydrogens (tertiary/aromatic N) is 3. The van der Waals surface area contributed by atoms with Crippen molar-refractivity contribution in [3.05, 3.63) is 100 Å². The maximum Gasteiger partial charge on any atom is 0.240 e. The van der Waals surface area contributed by atoms with Gasteiger partial charge in [0.2, 0.25) is 10.0 Å². The highest BCUT2D eigenvalue weighted by Crippen LogP contribution is 2.29.